The molecule has 0 amide bonds. The van der Waals surface area contributed by atoms with Crippen LogP contribution < -0.4 is 5.56 Å². The molecule has 0 spiro atoms. The molecule has 0 fully saturated rings. The molecule has 0 saturated heterocycles. The Kier molecular flexibility index (Phi) is 3.81. The standard InChI is InChI=1S/C13H15NO3S/c1-2-5-9(8-12(15)16)14-13(17)10-6-3-4-7-11(10)18-14/h3-4,6-7,9H,2,5,8H2,1H3,(H,15,16). The number of hydrogen-bond donors (Lipinski definition) is 1. The Morgan fingerprint density at radius 3 is 2.78 bits per heavy atom. The van der Waals surface area contributed by atoms with E-state index in [2.05, 4.69) is 0 Å². The highest BCUT2D eigenvalue weighted by molar-refractivity contribution is 7.13. The first kappa shape index (κ1) is 12.8. The summed E-state index contributed by atoms with van der Waals surface area (Å²) in [6, 6.07) is 7.15. The average molecular weight is 265 g/mol. The van der Waals surface area contributed by atoms with Crippen LogP contribution in [0.3, 0.4) is 0 Å². The van der Waals surface area contributed by atoms with Crippen molar-refractivity contribution in [2.75, 3.05) is 0 Å². The van der Waals surface area contributed by atoms with E-state index in [0.717, 1.165) is 11.1 Å². The van der Waals surface area contributed by atoms with Gasteiger partial charge in [-0.3, -0.25) is 13.5 Å². The van der Waals surface area contributed by atoms with Crippen LogP contribution in [0.25, 0.3) is 10.1 Å². The molecule has 4 nitrogen and oxygen atoms in total. The number of rotatable bonds is 5. The minimum Gasteiger partial charge on any atom is -0.481 e. The molecule has 2 aromatic rings. The van der Waals surface area contributed by atoms with E-state index in [9.17, 15) is 9.59 Å². The molecule has 1 atom stereocenters. The molecule has 0 aliphatic carbocycles. The second-order valence-electron chi connectivity index (χ2n) is 4.26. The summed E-state index contributed by atoms with van der Waals surface area (Å²) >= 11 is 1.35. The normalized spacial score (nSPS) is 12.7. The van der Waals surface area contributed by atoms with Gasteiger partial charge in [0.15, 0.2) is 0 Å². The van der Waals surface area contributed by atoms with Crippen molar-refractivity contribution < 1.29 is 9.90 Å². The fourth-order valence-electron chi connectivity index (χ4n) is 2.07. The van der Waals surface area contributed by atoms with E-state index in [1.807, 2.05) is 25.1 Å². The van der Waals surface area contributed by atoms with Crippen molar-refractivity contribution in [1.29, 1.82) is 0 Å². The van der Waals surface area contributed by atoms with Crippen LogP contribution in [-0.2, 0) is 4.79 Å². The van der Waals surface area contributed by atoms with Crippen molar-refractivity contribution in [3.05, 3.63) is 34.6 Å². The maximum atomic E-state index is 12.2. The van der Waals surface area contributed by atoms with Gasteiger partial charge < -0.3 is 5.11 Å². The van der Waals surface area contributed by atoms with Crippen molar-refractivity contribution in [2.45, 2.75) is 32.2 Å². The van der Waals surface area contributed by atoms with Crippen LogP contribution in [0.4, 0.5) is 0 Å². The van der Waals surface area contributed by atoms with Gasteiger partial charge in [0, 0.05) is 0 Å². The molecule has 1 aromatic heterocycles. The summed E-state index contributed by atoms with van der Waals surface area (Å²) in [5.41, 5.74) is -0.0738. The lowest BCUT2D eigenvalue weighted by Gasteiger charge is -2.13. The zero-order valence-corrected chi connectivity index (χ0v) is 10.9. The summed E-state index contributed by atoms with van der Waals surface area (Å²) in [5.74, 6) is -0.863. The third-order valence-corrected chi connectivity index (χ3v) is 4.09. The van der Waals surface area contributed by atoms with Gasteiger partial charge in [0.1, 0.15) is 0 Å². The summed E-state index contributed by atoms with van der Waals surface area (Å²) in [5, 5.41) is 9.60. The fraction of sp³-hybridized carbons (Fsp3) is 0.385. The lowest BCUT2D eigenvalue weighted by Crippen LogP contribution is -2.21. The maximum absolute atomic E-state index is 12.2. The minimum atomic E-state index is -0.863. The zero-order chi connectivity index (χ0) is 13.1. The molecule has 1 heterocycles. The molecule has 5 heteroatoms. The number of aliphatic carboxylic acids is 1. The van der Waals surface area contributed by atoms with E-state index in [-0.39, 0.29) is 18.0 Å². The number of carbonyl (C=O) groups is 1. The predicted molar refractivity (Wildman–Crippen MR) is 72.3 cm³/mol. The quantitative estimate of drug-likeness (QED) is 0.904. The van der Waals surface area contributed by atoms with E-state index in [0.29, 0.717) is 11.8 Å². The Hall–Kier alpha value is -1.62. The molecule has 0 radical (unpaired) electrons. The maximum Gasteiger partial charge on any atom is 0.305 e. The highest BCUT2D eigenvalue weighted by Gasteiger charge is 2.18. The SMILES string of the molecule is CCCC(CC(=O)O)n1sc2ccccc2c1=O. The van der Waals surface area contributed by atoms with Gasteiger partial charge in [-0.2, -0.15) is 0 Å². The molecule has 2 rings (SSSR count). The van der Waals surface area contributed by atoms with Gasteiger partial charge in [-0.1, -0.05) is 37.0 Å². The Bertz CT molecular complexity index is 614. The number of nitrogens with zero attached hydrogens (tertiary/aromatic N) is 1. The largest absolute Gasteiger partial charge is 0.481 e. The Labute approximate surface area is 109 Å². The molecule has 18 heavy (non-hydrogen) atoms. The van der Waals surface area contributed by atoms with Crippen LogP contribution in [0.5, 0.6) is 0 Å². The van der Waals surface area contributed by atoms with Crippen LogP contribution in [0.2, 0.25) is 0 Å². The molecule has 0 bridgehead atoms. The van der Waals surface area contributed by atoms with Gasteiger partial charge in [-0.15, -0.1) is 0 Å². The Morgan fingerprint density at radius 1 is 1.44 bits per heavy atom. The summed E-state index contributed by atoms with van der Waals surface area (Å²) < 4.78 is 2.52. The summed E-state index contributed by atoms with van der Waals surface area (Å²) in [6.07, 6.45) is 1.57. The lowest BCUT2D eigenvalue weighted by molar-refractivity contribution is -0.137. The third kappa shape index (κ3) is 2.46. The van der Waals surface area contributed by atoms with E-state index >= 15 is 0 Å². The predicted octanol–water partition coefficient (Wildman–Crippen LogP) is 2.88. The first-order chi connectivity index (χ1) is 8.63. The molecular formula is C13H15NO3S. The minimum absolute atomic E-state index is 0.000564. The van der Waals surface area contributed by atoms with Gasteiger partial charge in [-0.05, 0) is 18.6 Å². The monoisotopic (exact) mass is 265 g/mol. The van der Waals surface area contributed by atoms with Crippen LogP contribution in [-0.4, -0.2) is 15.0 Å². The fourth-order valence-corrected chi connectivity index (χ4v) is 3.18. The van der Waals surface area contributed by atoms with Crippen molar-refractivity contribution in [3.63, 3.8) is 0 Å². The van der Waals surface area contributed by atoms with E-state index in [1.54, 1.807) is 10.0 Å². The summed E-state index contributed by atoms with van der Waals surface area (Å²) in [7, 11) is 0. The Morgan fingerprint density at radius 2 is 2.17 bits per heavy atom. The number of benzene rings is 1. The second-order valence-corrected chi connectivity index (χ2v) is 5.27. The average Bonchev–Trinajstić information content (AvgIpc) is 2.66. The van der Waals surface area contributed by atoms with Gasteiger partial charge in [0.05, 0.1) is 22.5 Å². The van der Waals surface area contributed by atoms with Gasteiger partial charge in [-0.25, -0.2) is 0 Å². The Balaban J connectivity index is 2.46. The molecule has 1 unspecified atom stereocenters. The van der Waals surface area contributed by atoms with Crippen LogP contribution >= 0.6 is 11.5 Å². The topological polar surface area (TPSA) is 59.3 Å². The van der Waals surface area contributed by atoms with Crippen molar-refractivity contribution in [2.24, 2.45) is 0 Å². The molecule has 0 saturated carbocycles. The molecule has 96 valence electrons. The first-order valence-electron chi connectivity index (χ1n) is 5.95. The van der Waals surface area contributed by atoms with Crippen LogP contribution in [0.15, 0.2) is 29.1 Å². The number of hydrogen-bond acceptors (Lipinski definition) is 3. The van der Waals surface area contributed by atoms with Crippen molar-refractivity contribution >= 4 is 27.6 Å². The first-order valence-corrected chi connectivity index (χ1v) is 6.73. The second kappa shape index (κ2) is 5.35. The number of fused-ring (bicyclic) bond motifs is 1. The summed E-state index contributed by atoms with van der Waals surface area (Å²) in [4.78, 5) is 23.1. The summed E-state index contributed by atoms with van der Waals surface area (Å²) in [6.45, 7) is 1.99. The number of carboxylic acids is 1. The van der Waals surface area contributed by atoms with Crippen molar-refractivity contribution in [3.8, 4) is 0 Å². The van der Waals surface area contributed by atoms with Gasteiger partial charge >= 0.3 is 5.97 Å². The number of aromatic nitrogens is 1. The molecule has 0 aliphatic heterocycles. The molecule has 1 aromatic carbocycles. The van der Waals surface area contributed by atoms with Gasteiger partial charge in [0.2, 0.25) is 0 Å². The highest BCUT2D eigenvalue weighted by atomic mass is 32.1. The highest BCUT2D eigenvalue weighted by Crippen LogP contribution is 2.24. The van der Waals surface area contributed by atoms with Crippen LogP contribution in [0, 0.1) is 0 Å². The smallest absolute Gasteiger partial charge is 0.305 e. The number of carboxylic acid groups (broad SMARTS) is 1. The third-order valence-electron chi connectivity index (χ3n) is 2.88. The van der Waals surface area contributed by atoms with Crippen molar-refractivity contribution in [1.82, 2.24) is 3.96 Å². The lowest BCUT2D eigenvalue weighted by atomic mass is 10.1. The van der Waals surface area contributed by atoms with Gasteiger partial charge in [0.25, 0.3) is 5.56 Å². The zero-order valence-electron chi connectivity index (χ0n) is 10.1. The van der Waals surface area contributed by atoms with E-state index < -0.39 is 5.97 Å². The molecular weight excluding hydrogens is 250 g/mol. The van der Waals surface area contributed by atoms with Crippen LogP contribution in [0.1, 0.15) is 32.2 Å². The molecule has 0 aliphatic rings. The molecule has 1 N–H and O–H groups in total. The van der Waals surface area contributed by atoms with E-state index in [4.69, 9.17) is 5.11 Å². The van der Waals surface area contributed by atoms with E-state index in [1.165, 1.54) is 11.5 Å².